The zero-order chi connectivity index (χ0) is 21.6. The Bertz CT molecular complexity index is 1270. The molecule has 1 heterocycles. The zero-order valence-corrected chi connectivity index (χ0v) is 16.8. The summed E-state index contributed by atoms with van der Waals surface area (Å²) in [5.74, 6) is -0.504. The number of hydrazone groups is 1. The van der Waals surface area contributed by atoms with Crippen molar-refractivity contribution in [2.24, 2.45) is 5.10 Å². The van der Waals surface area contributed by atoms with E-state index in [1.165, 1.54) is 12.4 Å². The lowest BCUT2D eigenvalue weighted by atomic mass is 10.0. The van der Waals surface area contributed by atoms with Crippen LogP contribution in [0.25, 0.3) is 10.8 Å². The number of carbonyl (C=O) groups is 2. The van der Waals surface area contributed by atoms with Gasteiger partial charge in [0.1, 0.15) is 5.75 Å². The van der Waals surface area contributed by atoms with Gasteiger partial charge < -0.3 is 4.74 Å². The molecule has 0 aliphatic carbocycles. The molecule has 0 atom stereocenters. The van der Waals surface area contributed by atoms with Crippen LogP contribution in [-0.2, 0) is 0 Å². The van der Waals surface area contributed by atoms with Crippen molar-refractivity contribution in [2.75, 3.05) is 0 Å². The first-order chi connectivity index (χ1) is 15.1. The average molecular weight is 409 g/mol. The fraction of sp³-hybridized carbons (Fsp3) is 0.0400. The lowest BCUT2D eigenvalue weighted by Gasteiger charge is -2.10. The molecule has 0 aliphatic heterocycles. The number of aryl methyl sites for hydroxylation is 1. The van der Waals surface area contributed by atoms with Gasteiger partial charge in [-0.15, -0.1) is 0 Å². The highest BCUT2D eigenvalue weighted by molar-refractivity contribution is 6.04. The average Bonchev–Trinajstić information content (AvgIpc) is 2.81. The largest absolute Gasteiger partial charge is 0.422 e. The van der Waals surface area contributed by atoms with E-state index in [2.05, 4.69) is 15.5 Å². The number of benzene rings is 3. The van der Waals surface area contributed by atoms with Gasteiger partial charge in [-0.25, -0.2) is 10.2 Å². The second-order valence-corrected chi connectivity index (χ2v) is 6.89. The van der Waals surface area contributed by atoms with Gasteiger partial charge >= 0.3 is 5.97 Å². The number of rotatable bonds is 5. The second kappa shape index (κ2) is 9.00. The summed E-state index contributed by atoms with van der Waals surface area (Å²) in [6.45, 7) is 1.95. The highest BCUT2D eigenvalue weighted by Gasteiger charge is 2.13. The summed E-state index contributed by atoms with van der Waals surface area (Å²) in [6, 6.07) is 21.7. The van der Waals surface area contributed by atoms with Crippen molar-refractivity contribution >= 4 is 28.9 Å². The molecule has 6 nitrogen and oxygen atoms in total. The highest BCUT2D eigenvalue weighted by atomic mass is 16.5. The summed E-state index contributed by atoms with van der Waals surface area (Å²) in [5, 5.41) is 5.88. The molecule has 0 aliphatic rings. The standard InChI is InChI=1S/C25H19N3O3/c1-17-8-10-19(11-9-17)25(30)31-23-13-12-18-5-2-3-7-21(18)22(23)16-27-28-24(29)20-6-4-14-26-15-20/h2-16H,1H3,(H,28,29)/b27-16+. The third kappa shape index (κ3) is 4.64. The lowest BCUT2D eigenvalue weighted by Crippen LogP contribution is -2.18. The predicted octanol–water partition coefficient (Wildman–Crippen LogP) is 4.53. The van der Waals surface area contributed by atoms with Crippen LogP contribution in [0.2, 0.25) is 0 Å². The van der Waals surface area contributed by atoms with E-state index in [1.54, 1.807) is 36.5 Å². The molecule has 152 valence electrons. The number of esters is 1. The summed E-state index contributed by atoms with van der Waals surface area (Å²) in [5.41, 5.74) is 4.97. The molecule has 31 heavy (non-hydrogen) atoms. The normalized spacial score (nSPS) is 10.9. The topological polar surface area (TPSA) is 80.6 Å². The van der Waals surface area contributed by atoms with Gasteiger partial charge in [-0.3, -0.25) is 9.78 Å². The number of nitrogens with one attached hydrogen (secondary N) is 1. The molecule has 4 aromatic rings. The van der Waals surface area contributed by atoms with Crippen molar-refractivity contribution in [3.63, 3.8) is 0 Å². The second-order valence-electron chi connectivity index (χ2n) is 6.89. The van der Waals surface area contributed by atoms with Crippen LogP contribution >= 0.6 is 0 Å². The van der Waals surface area contributed by atoms with Gasteiger partial charge in [-0.1, -0.05) is 48.0 Å². The monoisotopic (exact) mass is 409 g/mol. The molecule has 6 heteroatoms. The van der Waals surface area contributed by atoms with E-state index in [0.29, 0.717) is 22.4 Å². The molecule has 0 fully saturated rings. The van der Waals surface area contributed by atoms with E-state index < -0.39 is 5.97 Å². The molecule has 4 rings (SSSR count). The molecule has 1 aromatic heterocycles. The van der Waals surface area contributed by atoms with Crippen LogP contribution in [0.15, 0.2) is 90.3 Å². The maximum Gasteiger partial charge on any atom is 0.343 e. The van der Waals surface area contributed by atoms with Crippen molar-refractivity contribution in [1.29, 1.82) is 0 Å². The van der Waals surface area contributed by atoms with Gasteiger partial charge in [-0.2, -0.15) is 5.10 Å². The third-order valence-electron chi connectivity index (χ3n) is 4.70. The minimum absolute atomic E-state index is 0.351. The van der Waals surface area contributed by atoms with Crippen LogP contribution < -0.4 is 10.2 Å². The minimum Gasteiger partial charge on any atom is -0.422 e. The summed E-state index contributed by atoms with van der Waals surface area (Å²) in [4.78, 5) is 28.8. The van der Waals surface area contributed by atoms with Crippen LogP contribution in [0, 0.1) is 6.92 Å². The molecule has 0 bridgehead atoms. The Balaban J connectivity index is 1.63. The number of aromatic nitrogens is 1. The van der Waals surface area contributed by atoms with Crippen LogP contribution in [0.1, 0.15) is 31.8 Å². The van der Waals surface area contributed by atoms with Gasteiger partial charge in [0, 0.05) is 18.0 Å². The van der Waals surface area contributed by atoms with Gasteiger partial charge in [0.25, 0.3) is 5.91 Å². The molecule has 1 N–H and O–H groups in total. The number of carbonyl (C=O) groups excluding carboxylic acids is 2. The van der Waals surface area contributed by atoms with E-state index in [9.17, 15) is 9.59 Å². The fourth-order valence-corrected chi connectivity index (χ4v) is 3.06. The maximum atomic E-state index is 12.6. The molecule has 0 unspecified atom stereocenters. The molecule has 0 spiro atoms. The Morgan fingerprint density at radius 3 is 2.52 bits per heavy atom. The van der Waals surface area contributed by atoms with E-state index >= 15 is 0 Å². The molecular formula is C25H19N3O3. The molecular weight excluding hydrogens is 390 g/mol. The molecule has 3 aromatic carbocycles. The number of amides is 1. The minimum atomic E-state index is -0.468. The Morgan fingerprint density at radius 1 is 0.935 bits per heavy atom. The number of pyridine rings is 1. The van der Waals surface area contributed by atoms with E-state index in [1.807, 2.05) is 49.4 Å². The molecule has 0 saturated heterocycles. The Labute approximate surface area is 179 Å². The van der Waals surface area contributed by atoms with Crippen LogP contribution in [0.3, 0.4) is 0 Å². The smallest absolute Gasteiger partial charge is 0.343 e. The number of ether oxygens (including phenoxy) is 1. The number of fused-ring (bicyclic) bond motifs is 1. The summed E-state index contributed by atoms with van der Waals surface area (Å²) in [6.07, 6.45) is 4.52. The summed E-state index contributed by atoms with van der Waals surface area (Å²) < 4.78 is 5.67. The van der Waals surface area contributed by atoms with Crippen LogP contribution in [-0.4, -0.2) is 23.1 Å². The first-order valence-electron chi connectivity index (χ1n) is 9.66. The van der Waals surface area contributed by atoms with Gasteiger partial charge in [0.2, 0.25) is 0 Å². The van der Waals surface area contributed by atoms with Crippen LogP contribution in [0.5, 0.6) is 5.75 Å². The quantitative estimate of drug-likeness (QED) is 0.227. The first kappa shape index (κ1) is 20.0. The van der Waals surface area contributed by atoms with Crippen molar-refractivity contribution < 1.29 is 14.3 Å². The number of nitrogens with zero attached hydrogens (tertiary/aromatic N) is 2. The van der Waals surface area contributed by atoms with E-state index in [-0.39, 0.29) is 5.91 Å². The zero-order valence-electron chi connectivity index (χ0n) is 16.8. The molecule has 0 radical (unpaired) electrons. The molecule has 0 saturated carbocycles. The van der Waals surface area contributed by atoms with Gasteiger partial charge in [0.15, 0.2) is 0 Å². The summed E-state index contributed by atoms with van der Waals surface area (Å²) in [7, 11) is 0. The Kier molecular flexibility index (Phi) is 5.80. The fourth-order valence-electron chi connectivity index (χ4n) is 3.06. The number of hydrogen-bond donors (Lipinski definition) is 1. The van der Waals surface area contributed by atoms with Gasteiger partial charge in [-0.05, 0) is 48.0 Å². The molecule has 1 amide bonds. The predicted molar refractivity (Wildman–Crippen MR) is 119 cm³/mol. The SMILES string of the molecule is Cc1ccc(C(=O)Oc2ccc3ccccc3c2/C=N/NC(=O)c2cccnc2)cc1. The van der Waals surface area contributed by atoms with Crippen molar-refractivity contribution in [2.45, 2.75) is 6.92 Å². The van der Waals surface area contributed by atoms with Crippen molar-refractivity contribution in [1.82, 2.24) is 10.4 Å². The maximum absolute atomic E-state index is 12.6. The number of hydrogen-bond acceptors (Lipinski definition) is 5. The Hall–Kier alpha value is -4.32. The highest BCUT2D eigenvalue weighted by Crippen LogP contribution is 2.27. The van der Waals surface area contributed by atoms with E-state index in [0.717, 1.165) is 16.3 Å². The first-order valence-corrected chi connectivity index (χ1v) is 9.66. The van der Waals surface area contributed by atoms with Crippen molar-refractivity contribution in [3.8, 4) is 5.75 Å². The van der Waals surface area contributed by atoms with Gasteiger partial charge in [0.05, 0.1) is 17.3 Å². The Morgan fingerprint density at radius 2 is 1.74 bits per heavy atom. The van der Waals surface area contributed by atoms with E-state index in [4.69, 9.17) is 4.74 Å². The third-order valence-corrected chi connectivity index (χ3v) is 4.70. The van der Waals surface area contributed by atoms with Crippen LogP contribution in [0.4, 0.5) is 0 Å². The summed E-state index contributed by atoms with van der Waals surface area (Å²) >= 11 is 0. The lowest BCUT2D eigenvalue weighted by molar-refractivity contribution is 0.0734. The van der Waals surface area contributed by atoms with Crippen molar-refractivity contribution in [3.05, 3.63) is 107 Å².